The number of hydrogen-bond donors (Lipinski definition) is 2. The summed E-state index contributed by atoms with van der Waals surface area (Å²) in [6.45, 7) is 0. The summed E-state index contributed by atoms with van der Waals surface area (Å²) in [5.41, 5.74) is 2.96. The molecule has 1 atom stereocenters. The molecule has 5 nitrogen and oxygen atoms in total. The highest BCUT2D eigenvalue weighted by Gasteiger charge is 2.18. The Bertz CT molecular complexity index is 1030. The molecule has 0 spiro atoms. The van der Waals surface area contributed by atoms with Gasteiger partial charge in [0.1, 0.15) is 10.5 Å². The minimum Gasteiger partial charge on any atom is -0.381 e. The molecule has 5 rings (SSSR count). The molecule has 0 radical (unpaired) electrons. The van der Waals surface area contributed by atoms with E-state index >= 15 is 0 Å². The lowest BCUT2D eigenvalue weighted by Gasteiger charge is -2.17. The van der Waals surface area contributed by atoms with E-state index in [-0.39, 0.29) is 0 Å². The molecule has 1 saturated carbocycles. The van der Waals surface area contributed by atoms with Crippen molar-refractivity contribution in [2.75, 3.05) is 10.6 Å². The molecule has 142 valence electrons. The number of allylic oxidation sites excluding steroid dienone is 4. The fourth-order valence-electron chi connectivity index (χ4n) is 3.92. The Morgan fingerprint density at radius 2 is 1.96 bits per heavy atom. The van der Waals surface area contributed by atoms with Crippen LogP contribution < -0.4 is 10.6 Å². The second kappa shape index (κ2) is 7.72. The van der Waals surface area contributed by atoms with Crippen LogP contribution in [-0.2, 0) is 0 Å². The van der Waals surface area contributed by atoms with Gasteiger partial charge in [-0.05, 0) is 31.4 Å². The van der Waals surface area contributed by atoms with Crippen molar-refractivity contribution in [3.8, 4) is 0 Å². The van der Waals surface area contributed by atoms with Gasteiger partial charge in [-0.2, -0.15) is 0 Å². The van der Waals surface area contributed by atoms with Gasteiger partial charge in [0.15, 0.2) is 5.82 Å². The predicted molar refractivity (Wildman–Crippen MR) is 116 cm³/mol. The fraction of sp³-hybridized carbons (Fsp3) is 0.318. The first kappa shape index (κ1) is 17.4. The van der Waals surface area contributed by atoms with Crippen LogP contribution in [0, 0.1) is 0 Å². The Labute approximate surface area is 168 Å². The zero-order valence-corrected chi connectivity index (χ0v) is 16.5. The van der Waals surface area contributed by atoms with Crippen molar-refractivity contribution < 1.29 is 0 Å². The van der Waals surface area contributed by atoms with E-state index in [1.165, 1.54) is 25.7 Å². The van der Waals surface area contributed by atoms with E-state index in [2.05, 4.69) is 44.9 Å². The summed E-state index contributed by atoms with van der Waals surface area (Å²) >= 11 is 1.75. The fourth-order valence-corrected chi connectivity index (χ4v) is 4.98. The van der Waals surface area contributed by atoms with Crippen molar-refractivity contribution in [3.63, 3.8) is 0 Å². The monoisotopic (exact) mass is 389 g/mol. The van der Waals surface area contributed by atoms with Gasteiger partial charge in [-0.15, -0.1) is 11.3 Å². The van der Waals surface area contributed by atoms with Gasteiger partial charge < -0.3 is 10.6 Å². The molecular formula is C22H23N5S. The molecule has 0 aliphatic heterocycles. The van der Waals surface area contributed by atoms with E-state index in [1.807, 2.05) is 30.7 Å². The zero-order chi connectivity index (χ0) is 18.8. The average Bonchev–Trinajstić information content (AvgIpc) is 3.40. The highest BCUT2D eigenvalue weighted by Crippen LogP contribution is 2.36. The van der Waals surface area contributed by atoms with Gasteiger partial charge in [-0.25, -0.2) is 9.97 Å². The second-order valence-corrected chi connectivity index (χ2v) is 8.45. The van der Waals surface area contributed by atoms with E-state index in [0.717, 1.165) is 38.8 Å². The highest BCUT2D eigenvalue weighted by molar-refractivity contribution is 7.18. The third kappa shape index (κ3) is 3.52. The molecule has 1 fully saturated rings. The van der Waals surface area contributed by atoms with E-state index in [4.69, 9.17) is 4.98 Å². The van der Waals surface area contributed by atoms with E-state index in [9.17, 15) is 0 Å². The summed E-state index contributed by atoms with van der Waals surface area (Å²) < 4.78 is 1.16. The van der Waals surface area contributed by atoms with E-state index in [1.54, 1.807) is 11.3 Å². The van der Waals surface area contributed by atoms with Crippen molar-refractivity contribution in [2.24, 2.45) is 0 Å². The molecule has 3 heterocycles. The quantitative estimate of drug-likeness (QED) is 0.579. The van der Waals surface area contributed by atoms with Crippen LogP contribution in [0.3, 0.4) is 0 Å². The van der Waals surface area contributed by atoms with Gasteiger partial charge in [-0.3, -0.25) is 4.98 Å². The maximum Gasteiger partial charge on any atom is 0.157 e. The van der Waals surface area contributed by atoms with Gasteiger partial charge in [0, 0.05) is 24.4 Å². The second-order valence-electron chi connectivity index (χ2n) is 7.39. The standard InChI is InChI=1S/C22H23N5S/c1-2-6-15(7-3-1)22-27-20-19(28-22)11-13-24-21(20)26-18-14-23-12-10-17(18)25-16-8-4-5-9-16/h1-3,6,10-16H,4-5,7-9H2,(H,23,25)(H,24,26). The van der Waals surface area contributed by atoms with Crippen LogP contribution in [-0.4, -0.2) is 21.0 Å². The molecule has 0 bridgehead atoms. The Kier molecular flexibility index (Phi) is 4.79. The largest absolute Gasteiger partial charge is 0.381 e. The van der Waals surface area contributed by atoms with Crippen LogP contribution in [0.1, 0.15) is 43.0 Å². The minimum absolute atomic E-state index is 0.355. The third-order valence-electron chi connectivity index (χ3n) is 5.41. The summed E-state index contributed by atoms with van der Waals surface area (Å²) in [6.07, 6.45) is 20.2. The van der Waals surface area contributed by atoms with Crippen LogP contribution in [0.4, 0.5) is 17.2 Å². The molecule has 28 heavy (non-hydrogen) atoms. The topological polar surface area (TPSA) is 62.7 Å². The first-order valence-electron chi connectivity index (χ1n) is 9.93. The lowest BCUT2D eigenvalue weighted by molar-refractivity contribution is 0.755. The first-order valence-corrected chi connectivity index (χ1v) is 10.7. The molecule has 1 unspecified atom stereocenters. The predicted octanol–water partition coefficient (Wildman–Crippen LogP) is 5.78. The lowest BCUT2D eigenvalue weighted by atomic mass is 10.0. The number of thiazole rings is 1. The Morgan fingerprint density at radius 3 is 2.82 bits per heavy atom. The van der Waals surface area contributed by atoms with Crippen molar-refractivity contribution in [3.05, 3.63) is 60.0 Å². The number of aromatic nitrogens is 3. The molecule has 2 aliphatic carbocycles. The van der Waals surface area contributed by atoms with Crippen LogP contribution in [0.25, 0.3) is 10.2 Å². The van der Waals surface area contributed by atoms with Gasteiger partial charge >= 0.3 is 0 Å². The summed E-state index contributed by atoms with van der Waals surface area (Å²) in [6, 6.07) is 4.63. The number of nitrogens with one attached hydrogen (secondary N) is 2. The minimum atomic E-state index is 0.355. The Balaban J connectivity index is 1.44. The molecule has 6 heteroatoms. The van der Waals surface area contributed by atoms with Crippen LogP contribution in [0.2, 0.25) is 0 Å². The maximum absolute atomic E-state index is 4.93. The molecular weight excluding hydrogens is 366 g/mol. The number of rotatable bonds is 5. The lowest BCUT2D eigenvalue weighted by Crippen LogP contribution is -2.15. The number of pyridine rings is 2. The molecule has 0 aromatic carbocycles. The Morgan fingerprint density at radius 1 is 1.04 bits per heavy atom. The number of nitrogens with zero attached hydrogens (tertiary/aromatic N) is 3. The average molecular weight is 390 g/mol. The number of hydrogen-bond acceptors (Lipinski definition) is 6. The van der Waals surface area contributed by atoms with E-state index < -0.39 is 0 Å². The van der Waals surface area contributed by atoms with Crippen molar-refractivity contribution in [1.82, 2.24) is 15.0 Å². The van der Waals surface area contributed by atoms with Crippen molar-refractivity contribution in [1.29, 1.82) is 0 Å². The van der Waals surface area contributed by atoms with E-state index in [0.29, 0.717) is 12.0 Å². The molecule has 3 aromatic rings. The Hall–Kier alpha value is -2.73. The van der Waals surface area contributed by atoms with Crippen molar-refractivity contribution in [2.45, 2.75) is 44.1 Å². The number of fused-ring (bicyclic) bond motifs is 1. The number of anilines is 3. The smallest absolute Gasteiger partial charge is 0.157 e. The van der Waals surface area contributed by atoms with Crippen LogP contribution >= 0.6 is 11.3 Å². The molecule has 3 aromatic heterocycles. The molecule has 0 amide bonds. The van der Waals surface area contributed by atoms with Gasteiger partial charge in [0.2, 0.25) is 0 Å². The van der Waals surface area contributed by atoms with Gasteiger partial charge in [-0.1, -0.05) is 37.1 Å². The van der Waals surface area contributed by atoms with Crippen LogP contribution in [0.15, 0.2) is 55.0 Å². The normalized spacial score (nSPS) is 19.4. The van der Waals surface area contributed by atoms with Crippen molar-refractivity contribution >= 4 is 38.7 Å². The summed E-state index contributed by atoms with van der Waals surface area (Å²) in [4.78, 5) is 13.8. The zero-order valence-electron chi connectivity index (χ0n) is 15.6. The molecule has 0 saturated heterocycles. The summed E-state index contributed by atoms with van der Waals surface area (Å²) in [5, 5.41) is 8.29. The highest BCUT2D eigenvalue weighted by atomic mass is 32.1. The maximum atomic E-state index is 4.93. The van der Waals surface area contributed by atoms with Gasteiger partial charge in [0.05, 0.1) is 22.3 Å². The first-order chi connectivity index (χ1) is 13.9. The molecule has 2 aliphatic rings. The summed E-state index contributed by atoms with van der Waals surface area (Å²) in [7, 11) is 0. The van der Waals surface area contributed by atoms with Gasteiger partial charge in [0.25, 0.3) is 0 Å². The summed E-state index contributed by atoms with van der Waals surface area (Å²) in [5.74, 6) is 1.14. The third-order valence-corrected chi connectivity index (χ3v) is 6.56. The SMILES string of the molecule is C1=CCC(c2nc3c(Nc4cnccc4NC4CCCC4)nccc3s2)C=C1. The van der Waals surface area contributed by atoms with Crippen LogP contribution in [0.5, 0.6) is 0 Å². The molecule has 2 N–H and O–H groups in total.